The van der Waals surface area contributed by atoms with Crippen molar-refractivity contribution in [3.8, 4) is 5.75 Å². The maximum absolute atomic E-state index is 12.4. The van der Waals surface area contributed by atoms with E-state index in [1.807, 2.05) is 24.3 Å². The van der Waals surface area contributed by atoms with Crippen molar-refractivity contribution in [1.82, 2.24) is 9.97 Å². The largest absolute Gasteiger partial charge is 0.479 e. The average Bonchev–Trinajstić information content (AvgIpc) is 2.67. The van der Waals surface area contributed by atoms with Crippen LogP contribution in [0.5, 0.6) is 5.75 Å². The monoisotopic (exact) mass is 394 g/mol. The van der Waals surface area contributed by atoms with E-state index in [9.17, 15) is 9.59 Å². The molecule has 0 amide bonds. The van der Waals surface area contributed by atoms with Gasteiger partial charge >= 0.3 is 5.97 Å². The van der Waals surface area contributed by atoms with E-state index in [0.717, 1.165) is 0 Å². The number of esters is 1. The van der Waals surface area contributed by atoms with E-state index in [2.05, 4.69) is 30.7 Å². The molecule has 0 spiro atoms. The summed E-state index contributed by atoms with van der Waals surface area (Å²) in [5, 5.41) is 0.491. The fraction of sp³-hybridized carbons (Fsp3) is 0.348. The number of hydrogen-bond donors (Lipinski definition) is 1. The Bertz CT molecular complexity index is 1060. The Morgan fingerprint density at radius 1 is 1.03 bits per heavy atom. The molecule has 1 N–H and O–H groups in total. The molecule has 1 heterocycles. The first-order chi connectivity index (χ1) is 13.6. The van der Waals surface area contributed by atoms with Gasteiger partial charge in [-0.15, -0.1) is 0 Å². The molecular formula is C23H26N2O4. The molecule has 3 aromatic rings. The SMILES string of the molecule is C[C@H](OC(=O)[C@@H](C)Oc1ccc(C(C)(C)C)cc1)c1nc2ccccc2c(=O)[nH]1. The molecule has 0 aliphatic rings. The van der Waals surface area contributed by atoms with Crippen molar-refractivity contribution in [2.24, 2.45) is 0 Å². The number of carbonyl (C=O) groups is 1. The van der Waals surface area contributed by atoms with Crippen molar-refractivity contribution >= 4 is 16.9 Å². The zero-order valence-corrected chi connectivity index (χ0v) is 17.4. The smallest absolute Gasteiger partial charge is 0.347 e. The van der Waals surface area contributed by atoms with Crippen molar-refractivity contribution in [3.05, 3.63) is 70.3 Å². The highest BCUT2D eigenvalue weighted by Crippen LogP contribution is 2.25. The van der Waals surface area contributed by atoms with Crippen LogP contribution < -0.4 is 10.3 Å². The van der Waals surface area contributed by atoms with Crippen LogP contribution in [0, 0.1) is 0 Å². The second kappa shape index (κ2) is 8.07. The Labute approximate surface area is 169 Å². The van der Waals surface area contributed by atoms with Crippen LogP contribution in [0.1, 0.15) is 52.1 Å². The summed E-state index contributed by atoms with van der Waals surface area (Å²) in [5.41, 5.74) is 1.51. The molecule has 1 aromatic heterocycles. The number of para-hydroxylation sites is 1. The van der Waals surface area contributed by atoms with Crippen LogP contribution in [-0.2, 0) is 14.9 Å². The van der Waals surface area contributed by atoms with Gasteiger partial charge in [-0.3, -0.25) is 4.79 Å². The third-order valence-corrected chi connectivity index (χ3v) is 4.67. The molecule has 0 aliphatic heterocycles. The molecule has 0 radical (unpaired) electrons. The number of nitrogens with zero attached hydrogens (tertiary/aromatic N) is 1. The number of H-pyrrole nitrogens is 1. The third kappa shape index (κ3) is 4.83. The first-order valence-electron chi connectivity index (χ1n) is 9.62. The van der Waals surface area contributed by atoms with Crippen molar-refractivity contribution in [3.63, 3.8) is 0 Å². The highest BCUT2D eigenvalue weighted by atomic mass is 16.6. The Morgan fingerprint density at radius 3 is 2.34 bits per heavy atom. The molecular weight excluding hydrogens is 368 g/mol. The van der Waals surface area contributed by atoms with Crippen molar-refractivity contribution < 1.29 is 14.3 Å². The van der Waals surface area contributed by atoms with Gasteiger partial charge in [0.05, 0.1) is 10.9 Å². The summed E-state index contributed by atoms with van der Waals surface area (Å²) in [6.45, 7) is 9.69. The Kier molecular flexibility index (Phi) is 5.73. The van der Waals surface area contributed by atoms with Gasteiger partial charge in [0.1, 0.15) is 5.75 Å². The third-order valence-electron chi connectivity index (χ3n) is 4.67. The number of benzene rings is 2. The molecule has 0 aliphatic carbocycles. The van der Waals surface area contributed by atoms with Crippen LogP contribution >= 0.6 is 0 Å². The van der Waals surface area contributed by atoms with Crippen LogP contribution in [0.4, 0.5) is 0 Å². The van der Waals surface area contributed by atoms with Crippen LogP contribution in [0.2, 0.25) is 0 Å². The summed E-state index contributed by atoms with van der Waals surface area (Å²) in [6, 6.07) is 14.7. The van der Waals surface area contributed by atoms with Crippen molar-refractivity contribution in [2.45, 2.75) is 52.2 Å². The van der Waals surface area contributed by atoms with Gasteiger partial charge in [-0.25, -0.2) is 9.78 Å². The molecule has 0 fully saturated rings. The normalized spacial score (nSPS) is 13.7. The number of rotatable bonds is 5. The molecule has 152 valence electrons. The number of aromatic amines is 1. The van der Waals surface area contributed by atoms with Crippen LogP contribution in [0.15, 0.2) is 53.3 Å². The number of aromatic nitrogens is 2. The summed E-state index contributed by atoms with van der Waals surface area (Å²) >= 11 is 0. The van der Waals surface area contributed by atoms with Crippen LogP contribution in [0.25, 0.3) is 10.9 Å². The minimum atomic E-state index is -0.801. The lowest BCUT2D eigenvalue weighted by Crippen LogP contribution is -2.28. The quantitative estimate of drug-likeness (QED) is 0.653. The van der Waals surface area contributed by atoms with Gasteiger partial charge in [0, 0.05) is 0 Å². The highest BCUT2D eigenvalue weighted by Gasteiger charge is 2.22. The van der Waals surface area contributed by atoms with Crippen LogP contribution in [0.3, 0.4) is 0 Å². The molecule has 0 unspecified atom stereocenters. The lowest BCUT2D eigenvalue weighted by molar-refractivity contribution is -0.156. The summed E-state index contributed by atoms with van der Waals surface area (Å²) in [7, 11) is 0. The lowest BCUT2D eigenvalue weighted by atomic mass is 9.87. The lowest BCUT2D eigenvalue weighted by Gasteiger charge is -2.20. The summed E-state index contributed by atoms with van der Waals surface area (Å²) in [6.07, 6.45) is -1.51. The molecule has 29 heavy (non-hydrogen) atoms. The number of nitrogens with one attached hydrogen (secondary N) is 1. The molecule has 2 aromatic carbocycles. The fourth-order valence-corrected chi connectivity index (χ4v) is 2.91. The van der Waals surface area contributed by atoms with Gasteiger partial charge < -0.3 is 14.5 Å². The molecule has 0 saturated carbocycles. The maximum atomic E-state index is 12.4. The van der Waals surface area contributed by atoms with E-state index < -0.39 is 18.2 Å². The predicted molar refractivity (Wildman–Crippen MR) is 112 cm³/mol. The van der Waals surface area contributed by atoms with Crippen molar-refractivity contribution in [2.75, 3.05) is 0 Å². The van der Waals surface area contributed by atoms with Gasteiger partial charge in [0.15, 0.2) is 18.0 Å². The van der Waals surface area contributed by atoms with Gasteiger partial charge in [-0.05, 0) is 49.1 Å². The predicted octanol–water partition coefficient (Wildman–Crippen LogP) is 4.29. The van der Waals surface area contributed by atoms with Crippen molar-refractivity contribution in [1.29, 1.82) is 0 Å². The average molecular weight is 394 g/mol. The fourth-order valence-electron chi connectivity index (χ4n) is 2.91. The first kappa shape index (κ1) is 20.6. The topological polar surface area (TPSA) is 81.3 Å². The Hall–Kier alpha value is -3.15. The van der Waals surface area contributed by atoms with E-state index in [-0.39, 0.29) is 11.0 Å². The Balaban J connectivity index is 1.67. The molecule has 0 saturated heterocycles. The van der Waals surface area contributed by atoms with Crippen LogP contribution in [-0.4, -0.2) is 22.0 Å². The summed E-state index contributed by atoms with van der Waals surface area (Å²) in [4.78, 5) is 31.7. The van der Waals surface area contributed by atoms with E-state index in [4.69, 9.17) is 9.47 Å². The van der Waals surface area contributed by atoms with Gasteiger partial charge in [0.25, 0.3) is 5.56 Å². The number of carbonyl (C=O) groups excluding carboxylic acids is 1. The summed E-state index contributed by atoms with van der Waals surface area (Å²) < 4.78 is 11.2. The maximum Gasteiger partial charge on any atom is 0.347 e. The van der Waals surface area contributed by atoms with Gasteiger partial charge in [-0.1, -0.05) is 45.0 Å². The van der Waals surface area contributed by atoms with E-state index in [1.165, 1.54) is 5.56 Å². The number of ether oxygens (including phenoxy) is 2. The van der Waals surface area contributed by atoms with Gasteiger partial charge in [0.2, 0.25) is 0 Å². The molecule has 3 rings (SSSR count). The summed E-state index contributed by atoms with van der Waals surface area (Å²) in [5.74, 6) is 0.351. The zero-order chi connectivity index (χ0) is 21.2. The molecule has 0 bridgehead atoms. The Morgan fingerprint density at radius 2 is 1.69 bits per heavy atom. The van der Waals surface area contributed by atoms with Gasteiger partial charge in [-0.2, -0.15) is 0 Å². The molecule has 2 atom stereocenters. The van der Waals surface area contributed by atoms with E-state index >= 15 is 0 Å². The van der Waals surface area contributed by atoms with E-state index in [1.54, 1.807) is 38.1 Å². The van der Waals surface area contributed by atoms with E-state index in [0.29, 0.717) is 22.5 Å². The number of fused-ring (bicyclic) bond motifs is 1. The highest BCUT2D eigenvalue weighted by molar-refractivity contribution is 5.77. The minimum Gasteiger partial charge on any atom is -0.479 e. The number of hydrogen-bond acceptors (Lipinski definition) is 5. The second-order valence-corrected chi connectivity index (χ2v) is 8.08. The minimum absolute atomic E-state index is 0.0439. The molecule has 6 heteroatoms. The standard InChI is InChI=1S/C23H26N2O4/c1-14(20-24-19-9-7-6-8-18(19)21(26)25-20)29-22(27)15(2)28-17-12-10-16(11-13-17)23(3,4)5/h6-15H,1-5H3,(H,24,25,26)/t14-,15+/m0/s1. The second-order valence-electron chi connectivity index (χ2n) is 8.08. The zero-order valence-electron chi connectivity index (χ0n) is 17.4. The first-order valence-corrected chi connectivity index (χ1v) is 9.62. The molecule has 6 nitrogen and oxygen atoms in total.